The highest BCUT2D eigenvalue weighted by atomic mass is 16.5. The summed E-state index contributed by atoms with van der Waals surface area (Å²) in [6.07, 6.45) is 0.0556. The number of hydrogen-bond donors (Lipinski definition) is 1. The molecular formula is C16H20N2O5. The lowest BCUT2D eigenvalue weighted by Gasteiger charge is -2.32. The van der Waals surface area contributed by atoms with Crippen LogP contribution in [-0.2, 0) is 19.1 Å². The molecule has 0 fully saturated rings. The number of esters is 1. The summed E-state index contributed by atoms with van der Waals surface area (Å²) in [6, 6.07) is 5.09. The highest BCUT2D eigenvalue weighted by Crippen LogP contribution is 2.35. The first-order valence-electron chi connectivity index (χ1n) is 7.38. The fourth-order valence-electron chi connectivity index (χ4n) is 2.36. The molecule has 2 amide bonds. The Morgan fingerprint density at radius 1 is 1.35 bits per heavy atom. The van der Waals surface area contributed by atoms with Crippen molar-refractivity contribution in [1.82, 2.24) is 0 Å². The first-order chi connectivity index (χ1) is 10.9. The number of rotatable bonds is 5. The first-order valence-corrected chi connectivity index (χ1v) is 7.38. The highest BCUT2D eigenvalue weighted by molar-refractivity contribution is 6.00. The van der Waals surface area contributed by atoms with Gasteiger partial charge in [0.05, 0.1) is 19.2 Å². The predicted octanol–water partition coefficient (Wildman–Crippen LogP) is 1.71. The maximum atomic E-state index is 12.0. The lowest BCUT2D eigenvalue weighted by molar-refractivity contribution is -0.141. The number of anilines is 2. The van der Waals surface area contributed by atoms with Crippen LogP contribution in [0.3, 0.4) is 0 Å². The summed E-state index contributed by atoms with van der Waals surface area (Å²) < 4.78 is 9.90. The van der Waals surface area contributed by atoms with Gasteiger partial charge in [0.15, 0.2) is 6.61 Å². The molecule has 0 unspecified atom stereocenters. The van der Waals surface area contributed by atoms with E-state index in [1.807, 2.05) is 13.8 Å². The third kappa shape index (κ3) is 4.00. The molecule has 2 rings (SSSR count). The van der Waals surface area contributed by atoms with Crippen LogP contribution in [0, 0.1) is 0 Å². The van der Waals surface area contributed by atoms with E-state index in [0.717, 1.165) is 0 Å². The summed E-state index contributed by atoms with van der Waals surface area (Å²) in [5.41, 5.74) is 1.17. The van der Waals surface area contributed by atoms with E-state index in [1.165, 1.54) is 7.11 Å². The number of amides is 2. The summed E-state index contributed by atoms with van der Waals surface area (Å²) >= 11 is 0. The number of nitrogens with one attached hydrogen (secondary N) is 1. The molecule has 23 heavy (non-hydrogen) atoms. The Morgan fingerprint density at radius 2 is 2.09 bits per heavy atom. The lowest BCUT2D eigenvalue weighted by atomic mass is 10.1. The second-order valence-corrected chi connectivity index (χ2v) is 5.45. The minimum atomic E-state index is -0.435. The monoisotopic (exact) mass is 320 g/mol. The summed E-state index contributed by atoms with van der Waals surface area (Å²) in [6.45, 7) is 3.83. The van der Waals surface area contributed by atoms with Gasteiger partial charge in [-0.25, -0.2) is 0 Å². The third-order valence-corrected chi connectivity index (χ3v) is 3.42. The van der Waals surface area contributed by atoms with E-state index in [4.69, 9.17) is 4.74 Å². The SMILES string of the molecule is COC(=O)CCC(=O)Nc1ccc2c(c1)N(C(C)C)C(=O)CO2. The summed E-state index contributed by atoms with van der Waals surface area (Å²) in [5, 5.41) is 2.71. The molecule has 0 spiro atoms. The Kier molecular flexibility index (Phi) is 5.20. The third-order valence-electron chi connectivity index (χ3n) is 3.42. The van der Waals surface area contributed by atoms with Gasteiger partial charge in [-0.2, -0.15) is 0 Å². The molecule has 0 bridgehead atoms. The van der Waals surface area contributed by atoms with Gasteiger partial charge in [-0.1, -0.05) is 0 Å². The second-order valence-electron chi connectivity index (χ2n) is 5.45. The Balaban J connectivity index is 2.12. The van der Waals surface area contributed by atoms with Gasteiger partial charge in [-0.3, -0.25) is 14.4 Å². The van der Waals surface area contributed by atoms with Gasteiger partial charge in [0.2, 0.25) is 5.91 Å². The van der Waals surface area contributed by atoms with E-state index in [-0.39, 0.29) is 37.3 Å². The minimum absolute atomic E-state index is 0.00994. The number of hydrogen-bond acceptors (Lipinski definition) is 5. The molecular weight excluding hydrogens is 300 g/mol. The molecule has 1 heterocycles. The van der Waals surface area contributed by atoms with Gasteiger partial charge in [0.1, 0.15) is 5.75 Å². The molecule has 1 N–H and O–H groups in total. The second kappa shape index (κ2) is 7.13. The van der Waals surface area contributed by atoms with Gasteiger partial charge in [-0.15, -0.1) is 0 Å². The molecule has 1 aromatic rings. The molecule has 0 saturated carbocycles. The van der Waals surface area contributed by atoms with Crippen molar-refractivity contribution in [1.29, 1.82) is 0 Å². The van der Waals surface area contributed by atoms with Crippen molar-refractivity contribution in [2.75, 3.05) is 23.9 Å². The van der Waals surface area contributed by atoms with Crippen molar-refractivity contribution in [2.45, 2.75) is 32.7 Å². The Labute approximate surface area is 134 Å². The zero-order chi connectivity index (χ0) is 17.0. The van der Waals surface area contributed by atoms with Crippen LogP contribution in [0.4, 0.5) is 11.4 Å². The van der Waals surface area contributed by atoms with Crippen molar-refractivity contribution < 1.29 is 23.9 Å². The summed E-state index contributed by atoms with van der Waals surface area (Å²) in [5.74, 6) is -0.252. The van der Waals surface area contributed by atoms with E-state index >= 15 is 0 Å². The Hall–Kier alpha value is -2.57. The molecule has 0 atom stereocenters. The molecule has 1 aromatic carbocycles. The summed E-state index contributed by atoms with van der Waals surface area (Å²) in [7, 11) is 1.28. The predicted molar refractivity (Wildman–Crippen MR) is 84.4 cm³/mol. The Bertz CT molecular complexity index is 627. The Morgan fingerprint density at radius 3 is 2.74 bits per heavy atom. The number of nitrogens with zero attached hydrogens (tertiary/aromatic N) is 1. The van der Waals surface area contributed by atoms with E-state index in [2.05, 4.69) is 10.1 Å². The van der Waals surface area contributed by atoms with Gasteiger partial charge in [-0.05, 0) is 32.0 Å². The number of fused-ring (bicyclic) bond motifs is 1. The molecule has 7 nitrogen and oxygen atoms in total. The maximum Gasteiger partial charge on any atom is 0.306 e. The van der Waals surface area contributed by atoms with Gasteiger partial charge >= 0.3 is 5.97 Å². The van der Waals surface area contributed by atoms with Crippen LogP contribution in [0.1, 0.15) is 26.7 Å². The normalized spacial score (nSPS) is 13.4. The molecule has 124 valence electrons. The maximum absolute atomic E-state index is 12.0. The average molecular weight is 320 g/mol. The van der Waals surface area contributed by atoms with Crippen molar-refractivity contribution in [3.63, 3.8) is 0 Å². The van der Waals surface area contributed by atoms with E-state index in [9.17, 15) is 14.4 Å². The zero-order valence-electron chi connectivity index (χ0n) is 13.4. The molecule has 0 aliphatic carbocycles. The summed E-state index contributed by atoms with van der Waals surface area (Å²) in [4.78, 5) is 36.5. The van der Waals surface area contributed by atoms with Crippen molar-refractivity contribution >= 4 is 29.2 Å². The van der Waals surface area contributed by atoms with Gasteiger partial charge < -0.3 is 19.7 Å². The fourth-order valence-corrected chi connectivity index (χ4v) is 2.36. The standard InChI is InChI=1S/C16H20N2O5/c1-10(2)18-12-8-11(4-5-13(12)23-9-15(18)20)17-14(19)6-7-16(21)22-3/h4-5,8,10H,6-7,9H2,1-3H3,(H,17,19). The topological polar surface area (TPSA) is 84.9 Å². The van der Waals surface area contributed by atoms with Gasteiger partial charge in [0, 0.05) is 18.2 Å². The van der Waals surface area contributed by atoms with Crippen LogP contribution in [0.15, 0.2) is 18.2 Å². The van der Waals surface area contributed by atoms with Crippen LogP contribution in [0.25, 0.3) is 0 Å². The van der Waals surface area contributed by atoms with E-state index < -0.39 is 5.97 Å². The van der Waals surface area contributed by atoms with Crippen LogP contribution < -0.4 is 15.0 Å². The molecule has 1 aliphatic rings. The van der Waals surface area contributed by atoms with Crippen molar-refractivity contribution in [3.8, 4) is 5.75 Å². The number of carbonyl (C=O) groups excluding carboxylic acids is 3. The van der Waals surface area contributed by atoms with E-state index in [1.54, 1.807) is 23.1 Å². The minimum Gasteiger partial charge on any atom is -0.482 e. The van der Waals surface area contributed by atoms with Crippen molar-refractivity contribution in [3.05, 3.63) is 18.2 Å². The first kappa shape index (κ1) is 16.8. The molecule has 0 aromatic heterocycles. The largest absolute Gasteiger partial charge is 0.482 e. The van der Waals surface area contributed by atoms with Crippen LogP contribution in [0.2, 0.25) is 0 Å². The van der Waals surface area contributed by atoms with Gasteiger partial charge in [0.25, 0.3) is 5.91 Å². The van der Waals surface area contributed by atoms with Crippen LogP contribution >= 0.6 is 0 Å². The average Bonchev–Trinajstić information content (AvgIpc) is 2.51. The lowest BCUT2D eigenvalue weighted by Crippen LogP contribution is -2.43. The number of methoxy groups -OCH3 is 1. The molecule has 7 heteroatoms. The van der Waals surface area contributed by atoms with E-state index in [0.29, 0.717) is 17.1 Å². The van der Waals surface area contributed by atoms with Crippen LogP contribution in [0.5, 0.6) is 5.75 Å². The highest BCUT2D eigenvalue weighted by Gasteiger charge is 2.27. The quantitative estimate of drug-likeness (QED) is 0.835. The molecule has 1 aliphatic heterocycles. The number of carbonyl (C=O) groups is 3. The number of benzene rings is 1. The fraction of sp³-hybridized carbons (Fsp3) is 0.438. The van der Waals surface area contributed by atoms with Crippen molar-refractivity contribution in [2.24, 2.45) is 0 Å². The number of ether oxygens (including phenoxy) is 2. The molecule has 0 radical (unpaired) electrons. The molecule has 0 saturated heterocycles. The zero-order valence-corrected chi connectivity index (χ0v) is 13.4. The van der Waals surface area contributed by atoms with Crippen LogP contribution in [-0.4, -0.2) is 37.5 Å². The smallest absolute Gasteiger partial charge is 0.306 e.